The van der Waals surface area contributed by atoms with Crippen LogP contribution < -0.4 is 4.74 Å². The van der Waals surface area contributed by atoms with Crippen molar-refractivity contribution >= 4 is 11.9 Å². The maximum absolute atomic E-state index is 12.7. The zero-order valence-corrected chi connectivity index (χ0v) is 20.1. The molecular weight excluding hydrogens is 406 g/mol. The van der Waals surface area contributed by atoms with E-state index in [1.165, 1.54) is 19.4 Å². The number of hydrogen-bond acceptors (Lipinski definition) is 6. The van der Waals surface area contributed by atoms with Gasteiger partial charge in [-0.05, 0) is 77.8 Å². The third kappa shape index (κ3) is 7.48. The van der Waals surface area contributed by atoms with Crippen molar-refractivity contribution in [1.82, 2.24) is 14.7 Å². The average Bonchev–Trinajstić information content (AvgIpc) is 3.15. The highest BCUT2D eigenvalue weighted by Crippen LogP contribution is 2.18. The minimum Gasteiger partial charge on any atom is -0.494 e. The summed E-state index contributed by atoms with van der Waals surface area (Å²) in [5, 5.41) is 0. The quantitative estimate of drug-likeness (QED) is 0.449. The van der Waals surface area contributed by atoms with E-state index in [2.05, 4.69) is 16.7 Å². The lowest BCUT2D eigenvalue weighted by Crippen LogP contribution is -2.51. The highest BCUT2D eigenvalue weighted by molar-refractivity contribution is 5.97. The molecule has 1 aromatic carbocycles. The van der Waals surface area contributed by atoms with Gasteiger partial charge in [0.05, 0.1) is 13.2 Å². The molecule has 0 radical (unpaired) electrons. The van der Waals surface area contributed by atoms with Crippen LogP contribution in [-0.2, 0) is 4.74 Å². The maximum atomic E-state index is 12.7. The van der Waals surface area contributed by atoms with E-state index < -0.39 is 5.60 Å². The summed E-state index contributed by atoms with van der Waals surface area (Å²) in [6, 6.07) is 8.15. The van der Waals surface area contributed by atoms with Crippen molar-refractivity contribution in [2.75, 3.05) is 52.4 Å². The van der Waals surface area contributed by atoms with Gasteiger partial charge < -0.3 is 19.3 Å². The first-order chi connectivity index (χ1) is 15.2. The second-order valence-corrected chi connectivity index (χ2v) is 9.92. The van der Waals surface area contributed by atoms with Gasteiger partial charge in [0.2, 0.25) is 0 Å². The van der Waals surface area contributed by atoms with Crippen LogP contribution in [0.1, 0.15) is 57.3 Å². The Kier molecular flexibility index (Phi) is 8.54. The number of amides is 1. The Morgan fingerprint density at radius 1 is 1.03 bits per heavy atom. The molecule has 0 spiro atoms. The smallest absolute Gasteiger partial charge is 0.410 e. The number of carbonyl (C=O) groups excluding carboxylic acids is 2. The number of benzene rings is 1. The zero-order valence-electron chi connectivity index (χ0n) is 20.1. The van der Waals surface area contributed by atoms with Crippen molar-refractivity contribution in [3.05, 3.63) is 29.8 Å². The van der Waals surface area contributed by atoms with E-state index in [4.69, 9.17) is 9.47 Å². The molecule has 0 bridgehead atoms. The van der Waals surface area contributed by atoms with Gasteiger partial charge >= 0.3 is 6.09 Å². The van der Waals surface area contributed by atoms with Gasteiger partial charge in [0.1, 0.15) is 11.4 Å². The van der Waals surface area contributed by atoms with Crippen molar-refractivity contribution < 1.29 is 19.1 Å². The molecule has 2 fully saturated rings. The van der Waals surface area contributed by atoms with Crippen LogP contribution in [0.5, 0.6) is 5.75 Å². The molecule has 0 unspecified atom stereocenters. The predicted octanol–water partition coefficient (Wildman–Crippen LogP) is 3.68. The average molecular weight is 446 g/mol. The van der Waals surface area contributed by atoms with Gasteiger partial charge in [-0.3, -0.25) is 9.69 Å². The van der Waals surface area contributed by atoms with Crippen molar-refractivity contribution in [3.63, 3.8) is 0 Å². The third-order valence-corrected chi connectivity index (χ3v) is 6.12. The SMILES string of the molecule is C[C@@H]1CCCN1CCCOc1ccc(C(=O)CN2CCN(C(=O)OC(C)(C)C)CC2)cc1. The molecule has 2 heterocycles. The van der Waals surface area contributed by atoms with Gasteiger partial charge in [-0.2, -0.15) is 0 Å². The molecule has 178 valence electrons. The first-order valence-corrected chi connectivity index (χ1v) is 11.9. The van der Waals surface area contributed by atoms with E-state index in [-0.39, 0.29) is 11.9 Å². The lowest BCUT2D eigenvalue weighted by molar-refractivity contribution is 0.0149. The van der Waals surface area contributed by atoms with Crippen LogP contribution in [0.15, 0.2) is 24.3 Å². The van der Waals surface area contributed by atoms with Crippen LogP contribution in [0.4, 0.5) is 4.79 Å². The minimum atomic E-state index is -0.494. The topological polar surface area (TPSA) is 62.3 Å². The lowest BCUT2D eigenvalue weighted by Gasteiger charge is -2.35. The molecule has 2 saturated heterocycles. The first kappa shape index (κ1) is 24.5. The van der Waals surface area contributed by atoms with Crippen molar-refractivity contribution in [1.29, 1.82) is 0 Å². The van der Waals surface area contributed by atoms with Gasteiger partial charge in [-0.1, -0.05) is 0 Å². The molecule has 7 nitrogen and oxygen atoms in total. The molecule has 2 aliphatic heterocycles. The Morgan fingerprint density at radius 3 is 2.31 bits per heavy atom. The fourth-order valence-electron chi connectivity index (χ4n) is 4.23. The fourth-order valence-corrected chi connectivity index (χ4v) is 4.23. The minimum absolute atomic E-state index is 0.0882. The number of piperazine rings is 1. The molecular formula is C25H39N3O4. The Morgan fingerprint density at radius 2 is 1.72 bits per heavy atom. The summed E-state index contributed by atoms with van der Waals surface area (Å²) in [6.07, 6.45) is 3.33. The molecule has 0 aliphatic carbocycles. The maximum Gasteiger partial charge on any atom is 0.410 e. The number of ketones is 1. The molecule has 32 heavy (non-hydrogen) atoms. The number of nitrogens with zero attached hydrogens (tertiary/aromatic N) is 3. The Bertz CT molecular complexity index is 751. The van der Waals surface area contributed by atoms with E-state index in [1.807, 2.05) is 45.0 Å². The predicted molar refractivity (Wildman–Crippen MR) is 125 cm³/mol. The van der Waals surface area contributed by atoms with Crippen LogP contribution in [0.2, 0.25) is 0 Å². The largest absolute Gasteiger partial charge is 0.494 e. The zero-order chi connectivity index (χ0) is 23.1. The van der Waals surface area contributed by atoms with Crippen molar-refractivity contribution in [2.24, 2.45) is 0 Å². The summed E-state index contributed by atoms with van der Waals surface area (Å²) < 4.78 is 11.3. The monoisotopic (exact) mass is 445 g/mol. The number of Topliss-reactive ketones (excluding diaryl/α,β-unsaturated/α-hetero) is 1. The molecule has 1 atom stereocenters. The molecule has 0 aromatic heterocycles. The lowest BCUT2D eigenvalue weighted by atomic mass is 10.1. The van der Waals surface area contributed by atoms with Gasteiger partial charge in [0.15, 0.2) is 5.78 Å². The van der Waals surface area contributed by atoms with Crippen molar-refractivity contribution in [2.45, 2.75) is 58.6 Å². The van der Waals surface area contributed by atoms with E-state index in [0.29, 0.717) is 50.9 Å². The molecule has 0 saturated carbocycles. The molecule has 1 amide bonds. The number of ether oxygens (including phenoxy) is 2. The summed E-state index contributed by atoms with van der Waals surface area (Å²) in [7, 11) is 0. The van der Waals surface area contributed by atoms with Crippen LogP contribution in [0.3, 0.4) is 0 Å². The fraction of sp³-hybridized carbons (Fsp3) is 0.680. The van der Waals surface area contributed by atoms with Gasteiger partial charge in [-0.25, -0.2) is 4.79 Å². The van der Waals surface area contributed by atoms with Gasteiger partial charge in [0, 0.05) is 44.3 Å². The Hall–Kier alpha value is -2.12. The number of rotatable bonds is 8. The second-order valence-electron chi connectivity index (χ2n) is 9.92. The summed E-state index contributed by atoms with van der Waals surface area (Å²) in [5.41, 5.74) is 0.199. The molecule has 3 rings (SSSR count). The van der Waals surface area contributed by atoms with E-state index in [0.717, 1.165) is 18.7 Å². The standard InChI is InChI=1S/C25H39N3O4/c1-20-7-5-12-27(20)13-6-18-31-22-10-8-21(9-11-22)23(29)19-26-14-16-28(17-15-26)24(30)32-25(2,3)4/h8-11,20H,5-7,12-19H2,1-4H3/t20-/m1/s1. The van der Waals surface area contributed by atoms with Crippen LogP contribution in [0, 0.1) is 0 Å². The van der Waals surface area contributed by atoms with E-state index in [1.54, 1.807) is 4.90 Å². The van der Waals surface area contributed by atoms with Crippen LogP contribution >= 0.6 is 0 Å². The molecule has 2 aliphatic rings. The third-order valence-electron chi connectivity index (χ3n) is 6.12. The highest BCUT2D eigenvalue weighted by atomic mass is 16.6. The van der Waals surface area contributed by atoms with E-state index in [9.17, 15) is 9.59 Å². The normalized spacial score (nSPS) is 20.4. The molecule has 0 N–H and O–H groups in total. The van der Waals surface area contributed by atoms with E-state index >= 15 is 0 Å². The summed E-state index contributed by atoms with van der Waals surface area (Å²) in [4.78, 5) is 31.2. The summed E-state index contributed by atoms with van der Waals surface area (Å²) in [5.74, 6) is 0.896. The van der Waals surface area contributed by atoms with Gasteiger partial charge in [-0.15, -0.1) is 0 Å². The van der Waals surface area contributed by atoms with Crippen molar-refractivity contribution in [3.8, 4) is 5.75 Å². The highest BCUT2D eigenvalue weighted by Gasteiger charge is 2.26. The first-order valence-electron chi connectivity index (χ1n) is 11.9. The second kappa shape index (κ2) is 11.1. The number of hydrogen-bond donors (Lipinski definition) is 0. The van der Waals surface area contributed by atoms with Crippen LogP contribution in [0.25, 0.3) is 0 Å². The summed E-state index contributed by atoms with van der Waals surface area (Å²) >= 11 is 0. The number of carbonyl (C=O) groups is 2. The number of likely N-dealkylation sites (tertiary alicyclic amines) is 1. The van der Waals surface area contributed by atoms with Crippen LogP contribution in [-0.4, -0.2) is 90.6 Å². The molecule has 7 heteroatoms. The Balaban J connectivity index is 1.36. The molecule has 1 aromatic rings. The summed E-state index contributed by atoms with van der Waals surface area (Å²) in [6.45, 7) is 13.7. The van der Waals surface area contributed by atoms with Gasteiger partial charge in [0.25, 0.3) is 0 Å². The Labute approximate surface area is 192 Å².